The average molecular weight is 349 g/mol. The number of aromatic amines is 1. The second-order valence-corrected chi connectivity index (χ2v) is 6.46. The molecule has 7 nitrogen and oxygen atoms in total. The number of hydrogen-bond acceptors (Lipinski definition) is 4. The lowest BCUT2D eigenvalue weighted by Gasteiger charge is -2.35. The predicted octanol–water partition coefficient (Wildman–Crippen LogP) is 2.42. The molecule has 3 heterocycles. The Labute approximate surface area is 150 Å². The van der Waals surface area contributed by atoms with Crippen LogP contribution in [0.3, 0.4) is 0 Å². The fourth-order valence-electron chi connectivity index (χ4n) is 3.56. The third-order valence-electron chi connectivity index (χ3n) is 4.85. The highest BCUT2D eigenvalue weighted by Crippen LogP contribution is 2.32. The summed E-state index contributed by atoms with van der Waals surface area (Å²) in [6.07, 6.45) is 4.40. The molecule has 132 valence electrons. The first-order chi connectivity index (χ1) is 12.6. The van der Waals surface area contributed by atoms with Gasteiger partial charge in [-0.1, -0.05) is 24.3 Å². The Bertz CT molecular complexity index is 975. The summed E-state index contributed by atoms with van der Waals surface area (Å²) < 4.78 is 0. The fraction of sp³-hybridized carbons (Fsp3) is 0.263. The number of nitrogens with two attached hydrogens (primary N) is 1. The molecule has 0 bridgehead atoms. The van der Waals surface area contributed by atoms with E-state index in [0.717, 1.165) is 35.7 Å². The monoisotopic (exact) mass is 349 g/mol. The first-order valence-corrected chi connectivity index (χ1v) is 8.65. The van der Waals surface area contributed by atoms with Gasteiger partial charge in [0.05, 0.1) is 11.7 Å². The van der Waals surface area contributed by atoms with Gasteiger partial charge in [0.1, 0.15) is 11.4 Å². The smallest absolute Gasteiger partial charge is 0.273 e. The van der Waals surface area contributed by atoms with Crippen LogP contribution >= 0.6 is 0 Å². The Balaban J connectivity index is 1.71. The summed E-state index contributed by atoms with van der Waals surface area (Å²) >= 11 is 0. The minimum absolute atomic E-state index is 0.110. The Morgan fingerprint density at radius 3 is 2.85 bits per heavy atom. The molecule has 7 heteroatoms. The number of fused-ring (bicyclic) bond motifs is 1. The van der Waals surface area contributed by atoms with Crippen molar-refractivity contribution >= 4 is 22.6 Å². The molecule has 1 atom stereocenters. The predicted molar refractivity (Wildman–Crippen MR) is 96.5 cm³/mol. The molecule has 1 aromatic carbocycles. The summed E-state index contributed by atoms with van der Waals surface area (Å²) in [6.45, 7) is 0.638. The number of rotatable bonds is 3. The Hall–Kier alpha value is -3.22. The first-order valence-electron chi connectivity index (χ1n) is 8.65. The van der Waals surface area contributed by atoms with E-state index in [-0.39, 0.29) is 17.6 Å². The van der Waals surface area contributed by atoms with Crippen LogP contribution in [0.25, 0.3) is 10.8 Å². The zero-order chi connectivity index (χ0) is 18.1. The van der Waals surface area contributed by atoms with Crippen LogP contribution in [0.2, 0.25) is 0 Å². The van der Waals surface area contributed by atoms with Crippen LogP contribution in [-0.4, -0.2) is 38.4 Å². The second-order valence-electron chi connectivity index (χ2n) is 6.46. The molecular formula is C19H19N5O2. The number of likely N-dealkylation sites (tertiary alicyclic amines) is 1. The molecule has 0 saturated carbocycles. The van der Waals surface area contributed by atoms with E-state index in [0.29, 0.717) is 12.2 Å². The van der Waals surface area contributed by atoms with Crippen molar-refractivity contribution in [3.63, 3.8) is 0 Å². The maximum atomic E-state index is 13.3. The Morgan fingerprint density at radius 2 is 2.04 bits per heavy atom. The third kappa shape index (κ3) is 2.81. The molecule has 2 aromatic heterocycles. The summed E-state index contributed by atoms with van der Waals surface area (Å²) in [5.74, 6) is -0.696. The zero-order valence-corrected chi connectivity index (χ0v) is 14.2. The molecule has 1 aliphatic rings. The number of primary amides is 1. The van der Waals surface area contributed by atoms with Crippen LogP contribution < -0.4 is 5.73 Å². The maximum absolute atomic E-state index is 13.3. The minimum Gasteiger partial charge on any atom is -0.364 e. The van der Waals surface area contributed by atoms with E-state index < -0.39 is 5.91 Å². The highest BCUT2D eigenvalue weighted by Gasteiger charge is 2.31. The summed E-state index contributed by atoms with van der Waals surface area (Å²) in [7, 11) is 0. The quantitative estimate of drug-likeness (QED) is 0.757. The number of benzene rings is 1. The lowest BCUT2D eigenvalue weighted by Crippen LogP contribution is -2.39. The van der Waals surface area contributed by atoms with Crippen molar-refractivity contribution in [2.24, 2.45) is 5.73 Å². The SMILES string of the molecule is NC(=O)c1cc(C2CCCCN2C(=O)c2nccc3ccccc23)[nH]n1. The molecule has 0 spiro atoms. The molecule has 2 amide bonds. The lowest BCUT2D eigenvalue weighted by molar-refractivity contribution is 0.0602. The number of carbonyl (C=O) groups is 2. The van der Waals surface area contributed by atoms with Crippen LogP contribution in [0.5, 0.6) is 0 Å². The standard InChI is InChI=1S/C19H19N5O2/c20-18(25)15-11-14(22-23-15)16-7-3-4-10-24(16)19(26)17-13-6-2-1-5-12(13)8-9-21-17/h1-2,5-6,8-9,11,16H,3-4,7,10H2,(H2,20,25)(H,22,23). The molecule has 1 fully saturated rings. The van der Waals surface area contributed by atoms with Crippen molar-refractivity contribution in [1.82, 2.24) is 20.1 Å². The number of aromatic nitrogens is 3. The summed E-state index contributed by atoms with van der Waals surface area (Å²) in [6, 6.07) is 11.1. The van der Waals surface area contributed by atoms with Gasteiger partial charge in [0, 0.05) is 18.1 Å². The number of piperidine rings is 1. The summed E-state index contributed by atoms with van der Waals surface area (Å²) in [5.41, 5.74) is 6.65. The number of pyridine rings is 1. The molecule has 4 rings (SSSR count). The number of nitrogens with one attached hydrogen (secondary N) is 1. The van der Waals surface area contributed by atoms with Gasteiger partial charge >= 0.3 is 0 Å². The topological polar surface area (TPSA) is 105 Å². The fourth-order valence-corrected chi connectivity index (χ4v) is 3.56. The van der Waals surface area contributed by atoms with Gasteiger partial charge in [-0.25, -0.2) is 0 Å². The first kappa shape index (κ1) is 16.3. The van der Waals surface area contributed by atoms with E-state index in [1.807, 2.05) is 35.2 Å². The van der Waals surface area contributed by atoms with Crippen LogP contribution in [0, 0.1) is 0 Å². The van der Waals surface area contributed by atoms with E-state index in [9.17, 15) is 9.59 Å². The van der Waals surface area contributed by atoms with Crippen LogP contribution in [0.1, 0.15) is 52.0 Å². The molecule has 1 aliphatic heterocycles. The van der Waals surface area contributed by atoms with Gasteiger partial charge in [-0.3, -0.25) is 19.7 Å². The van der Waals surface area contributed by atoms with Crippen LogP contribution in [0.15, 0.2) is 42.6 Å². The van der Waals surface area contributed by atoms with Crippen molar-refractivity contribution in [3.05, 3.63) is 59.7 Å². The van der Waals surface area contributed by atoms with E-state index in [1.54, 1.807) is 12.3 Å². The third-order valence-corrected chi connectivity index (χ3v) is 4.85. The normalized spacial score (nSPS) is 17.4. The highest BCUT2D eigenvalue weighted by atomic mass is 16.2. The van der Waals surface area contributed by atoms with Gasteiger partial charge in [-0.15, -0.1) is 0 Å². The number of carbonyl (C=O) groups excluding carboxylic acids is 2. The average Bonchev–Trinajstić information content (AvgIpc) is 3.17. The van der Waals surface area contributed by atoms with Crippen molar-refractivity contribution in [2.45, 2.75) is 25.3 Å². The van der Waals surface area contributed by atoms with Gasteiger partial charge in [-0.2, -0.15) is 5.10 Å². The summed E-state index contributed by atoms with van der Waals surface area (Å²) in [4.78, 5) is 30.8. The van der Waals surface area contributed by atoms with E-state index in [2.05, 4.69) is 15.2 Å². The largest absolute Gasteiger partial charge is 0.364 e. The van der Waals surface area contributed by atoms with Crippen molar-refractivity contribution in [1.29, 1.82) is 0 Å². The molecule has 3 N–H and O–H groups in total. The number of amides is 2. The minimum atomic E-state index is -0.586. The Kier molecular flexibility index (Phi) is 4.12. The van der Waals surface area contributed by atoms with Gasteiger partial charge in [-0.05, 0) is 36.8 Å². The van der Waals surface area contributed by atoms with Gasteiger partial charge in [0.2, 0.25) is 0 Å². The van der Waals surface area contributed by atoms with Gasteiger partial charge in [0.15, 0.2) is 0 Å². The number of hydrogen-bond donors (Lipinski definition) is 2. The van der Waals surface area contributed by atoms with Crippen molar-refractivity contribution < 1.29 is 9.59 Å². The molecule has 0 aliphatic carbocycles. The maximum Gasteiger partial charge on any atom is 0.273 e. The molecular weight excluding hydrogens is 330 g/mol. The van der Waals surface area contributed by atoms with Crippen LogP contribution in [0.4, 0.5) is 0 Å². The summed E-state index contributed by atoms with van der Waals surface area (Å²) in [5, 5.41) is 8.64. The zero-order valence-electron chi connectivity index (χ0n) is 14.2. The molecule has 26 heavy (non-hydrogen) atoms. The highest BCUT2D eigenvalue weighted by molar-refractivity contribution is 6.05. The van der Waals surface area contributed by atoms with Crippen LogP contribution in [-0.2, 0) is 0 Å². The van der Waals surface area contributed by atoms with E-state index in [1.165, 1.54) is 0 Å². The number of H-pyrrole nitrogens is 1. The molecule has 1 saturated heterocycles. The van der Waals surface area contributed by atoms with Gasteiger partial charge < -0.3 is 10.6 Å². The number of nitrogens with zero attached hydrogens (tertiary/aromatic N) is 3. The van der Waals surface area contributed by atoms with E-state index >= 15 is 0 Å². The molecule has 0 radical (unpaired) electrons. The lowest BCUT2D eigenvalue weighted by atomic mass is 9.98. The van der Waals surface area contributed by atoms with Crippen molar-refractivity contribution in [3.8, 4) is 0 Å². The van der Waals surface area contributed by atoms with E-state index in [4.69, 9.17) is 5.73 Å². The Morgan fingerprint density at radius 1 is 1.19 bits per heavy atom. The molecule has 3 aromatic rings. The second kappa shape index (κ2) is 6.59. The van der Waals surface area contributed by atoms with Crippen molar-refractivity contribution in [2.75, 3.05) is 6.54 Å². The van der Waals surface area contributed by atoms with Gasteiger partial charge in [0.25, 0.3) is 11.8 Å². The molecule has 1 unspecified atom stereocenters.